The van der Waals surface area contributed by atoms with Crippen LogP contribution in [0.3, 0.4) is 0 Å². The molecule has 1 aliphatic rings. The summed E-state index contributed by atoms with van der Waals surface area (Å²) in [5, 5.41) is 45.8. The van der Waals surface area contributed by atoms with Gasteiger partial charge >= 0.3 is 0 Å². The molecule has 7 N–H and O–H groups in total. The van der Waals surface area contributed by atoms with Gasteiger partial charge in [-0.3, -0.25) is 4.57 Å². The van der Waals surface area contributed by atoms with Crippen LogP contribution in [0.5, 0.6) is 5.75 Å². The van der Waals surface area contributed by atoms with Crippen LogP contribution in [0.15, 0.2) is 54.9 Å². The molecule has 4 atom stereocenters. The number of aliphatic hydroxyl groups is 3. The first kappa shape index (κ1) is 36.3. The number of hydrogen-bond donors (Lipinski definition) is 6. The Balaban J connectivity index is 1.41. The number of aliphatic hydroxyl groups excluding tert-OH is 2. The molecule has 13 heteroatoms. The van der Waals surface area contributed by atoms with Gasteiger partial charge in [0.25, 0.3) is 0 Å². The summed E-state index contributed by atoms with van der Waals surface area (Å²) >= 11 is 0. The lowest BCUT2D eigenvalue weighted by Crippen LogP contribution is -2.44. The number of aromatic nitrogens is 3. The Morgan fingerprint density at radius 1 is 1.14 bits per heavy atom. The zero-order valence-corrected chi connectivity index (χ0v) is 29.8. The van der Waals surface area contributed by atoms with Gasteiger partial charge in [-0.2, -0.15) is 5.26 Å². The van der Waals surface area contributed by atoms with Crippen molar-refractivity contribution in [2.75, 3.05) is 24.3 Å². The maximum Gasteiger partial charge on any atom is 0.188 e. The zero-order chi connectivity index (χ0) is 35.6. The summed E-state index contributed by atoms with van der Waals surface area (Å²) in [5.41, 5.74) is 7.60. The minimum atomic E-state index is -2.25. The number of hydrogen-bond acceptors (Lipinski definition) is 11. The van der Waals surface area contributed by atoms with Gasteiger partial charge < -0.3 is 40.6 Å². The van der Waals surface area contributed by atoms with Crippen molar-refractivity contribution in [2.24, 2.45) is 0 Å². The Kier molecular flexibility index (Phi) is 10.7. The predicted octanol–water partition coefficient (Wildman–Crippen LogP) is 5.08. The number of nitrogens with one attached hydrogen (secondary N) is 1. The largest absolute Gasteiger partial charge is 0.493 e. The van der Waals surface area contributed by atoms with Crippen LogP contribution in [-0.4, -0.2) is 74.0 Å². The molecule has 0 bridgehead atoms. The minimum Gasteiger partial charge on any atom is -0.493 e. The van der Waals surface area contributed by atoms with Crippen LogP contribution in [0.2, 0.25) is 18.1 Å². The van der Waals surface area contributed by atoms with Crippen LogP contribution in [0.25, 0.3) is 22.2 Å². The van der Waals surface area contributed by atoms with Crippen LogP contribution < -0.4 is 15.8 Å². The molecule has 0 radical (unpaired) electrons. The number of ether oxygens (including phenoxy) is 2. The van der Waals surface area contributed by atoms with E-state index in [1.165, 1.54) is 17.8 Å². The van der Waals surface area contributed by atoms with Crippen molar-refractivity contribution in [3.05, 3.63) is 66.0 Å². The van der Waals surface area contributed by atoms with E-state index in [1.807, 2.05) is 61.6 Å². The number of nitriles is 1. The van der Waals surface area contributed by atoms with Crippen molar-refractivity contribution in [3.8, 4) is 22.9 Å². The Labute approximate surface area is 288 Å². The van der Waals surface area contributed by atoms with Crippen molar-refractivity contribution in [1.82, 2.24) is 14.5 Å². The number of nitrogens with two attached hydrogens (primary N) is 1. The van der Waals surface area contributed by atoms with Crippen LogP contribution in [-0.2, 0) is 11.3 Å². The van der Waals surface area contributed by atoms with E-state index in [1.54, 1.807) is 0 Å². The summed E-state index contributed by atoms with van der Waals surface area (Å²) in [6.07, 6.45) is 1.42. The second-order valence-corrected chi connectivity index (χ2v) is 18.7. The molecule has 1 saturated heterocycles. The van der Waals surface area contributed by atoms with Crippen molar-refractivity contribution in [2.45, 2.75) is 95.2 Å². The fourth-order valence-corrected chi connectivity index (χ4v) is 6.99. The maximum absolute atomic E-state index is 11.4. The molecule has 0 amide bonds. The molecule has 1 fully saturated rings. The second kappa shape index (κ2) is 14.4. The summed E-state index contributed by atoms with van der Waals surface area (Å²) in [5.74, 6) is 1.07. The van der Waals surface area contributed by atoms with Crippen LogP contribution in [0, 0.1) is 11.3 Å². The first-order valence-electron chi connectivity index (χ1n) is 16.7. The molecule has 0 saturated carbocycles. The Morgan fingerprint density at radius 2 is 1.88 bits per heavy atom. The van der Waals surface area contributed by atoms with E-state index in [4.69, 9.17) is 15.2 Å². The number of nitrogens with zero attached hydrogens (tertiary/aromatic N) is 4. The average Bonchev–Trinajstić information content (AvgIpc) is 3.50. The smallest absolute Gasteiger partial charge is 0.188 e. The van der Waals surface area contributed by atoms with Gasteiger partial charge in [-0.1, -0.05) is 69.2 Å². The van der Waals surface area contributed by atoms with Gasteiger partial charge in [-0.15, -0.1) is 0 Å². The van der Waals surface area contributed by atoms with Gasteiger partial charge in [0.2, 0.25) is 0 Å². The van der Waals surface area contributed by atoms with Crippen molar-refractivity contribution in [3.63, 3.8) is 0 Å². The first-order valence-corrected chi connectivity index (χ1v) is 19.6. The first-order chi connectivity index (χ1) is 23.2. The van der Waals surface area contributed by atoms with Gasteiger partial charge in [0, 0.05) is 12.1 Å². The standard InChI is InChI=1S/C36H48N6O6Si/c1-35(2,49(4,5)46)16-10-7-11-17-47-27-18-23(14-15-25(27)24-12-8-6-9-13-24)20-39-32-26(19-37)29-31(38)40-22-41-33(29)42(32)34-36(3,45)30(44)28(21-43)48-34/h6,8-9,12-15,18,22,28,30,34,39,43-46H,7,10-11,16-17,20-21H2,1-5H3,(H2,38,40,41)/t28?,30-,34?,36-/m1/s1. The normalized spacial score (nSPS) is 21.2. The third kappa shape index (κ3) is 7.30. The number of nitrogen functional groups attached to an aromatic ring is 1. The lowest BCUT2D eigenvalue weighted by molar-refractivity contribution is -0.0939. The van der Waals surface area contributed by atoms with Crippen molar-refractivity contribution in [1.29, 1.82) is 5.26 Å². The van der Waals surface area contributed by atoms with Gasteiger partial charge in [-0.25, -0.2) is 9.97 Å². The predicted molar refractivity (Wildman–Crippen MR) is 191 cm³/mol. The molecular formula is C36H48N6O6Si. The van der Waals surface area contributed by atoms with E-state index >= 15 is 0 Å². The second-order valence-electron chi connectivity index (χ2n) is 14.2. The minimum absolute atomic E-state index is 0.0505. The number of anilines is 2. The highest BCUT2D eigenvalue weighted by Crippen LogP contribution is 2.45. The summed E-state index contributed by atoms with van der Waals surface area (Å²) in [7, 11) is -2.25. The Morgan fingerprint density at radius 3 is 2.53 bits per heavy atom. The summed E-state index contributed by atoms with van der Waals surface area (Å²) in [4.78, 5) is 19.1. The van der Waals surface area contributed by atoms with Crippen molar-refractivity contribution >= 4 is 31.0 Å². The van der Waals surface area contributed by atoms with E-state index in [2.05, 4.69) is 35.2 Å². The topological polar surface area (TPSA) is 192 Å². The lowest BCUT2D eigenvalue weighted by atomic mass is 9.96. The molecule has 0 aliphatic carbocycles. The summed E-state index contributed by atoms with van der Waals surface area (Å²) in [6, 6.07) is 18.2. The molecule has 49 heavy (non-hydrogen) atoms. The van der Waals surface area contributed by atoms with Crippen LogP contribution in [0.1, 0.15) is 63.8 Å². The molecule has 12 nitrogen and oxygen atoms in total. The fourth-order valence-electron chi connectivity index (χ4n) is 6.20. The Bertz CT molecular complexity index is 1800. The maximum atomic E-state index is 11.4. The Hall–Kier alpha value is -4.03. The van der Waals surface area contributed by atoms with Gasteiger partial charge in [0.05, 0.1) is 18.6 Å². The zero-order valence-electron chi connectivity index (χ0n) is 28.8. The molecule has 2 aromatic carbocycles. The van der Waals surface area contributed by atoms with Crippen LogP contribution >= 0.6 is 0 Å². The molecule has 262 valence electrons. The van der Waals surface area contributed by atoms with Gasteiger partial charge in [-0.05, 0) is 55.1 Å². The average molecular weight is 689 g/mol. The summed E-state index contributed by atoms with van der Waals surface area (Å²) < 4.78 is 13.8. The molecular weight excluding hydrogens is 641 g/mol. The molecule has 2 aromatic heterocycles. The molecule has 2 unspecified atom stereocenters. The van der Waals surface area contributed by atoms with E-state index in [9.17, 15) is 25.4 Å². The number of benzene rings is 2. The number of fused-ring (bicyclic) bond motifs is 1. The van der Waals surface area contributed by atoms with E-state index in [-0.39, 0.29) is 39.8 Å². The van der Waals surface area contributed by atoms with Crippen molar-refractivity contribution < 1.29 is 29.6 Å². The van der Waals surface area contributed by atoms with E-state index in [0.717, 1.165) is 48.1 Å². The highest BCUT2D eigenvalue weighted by atomic mass is 28.4. The molecule has 0 spiro atoms. The molecule has 5 rings (SSSR count). The SMILES string of the molecule is CC(C)(CCCCCOc1cc(CNc2c(C#N)c3c(N)ncnc3n2C2OC(CO)[C@@H](O)[C@@]2(C)O)ccc1-c1ccccc1)[Si](C)(C)O. The number of rotatable bonds is 14. The molecule has 4 aromatic rings. The molecule has 3 heterocycles. The lowest BCUT2D eigenvalue weighted by Gasteiger charge is -2.35. The third-order valence-corrected chi connectivity index (χ3v) is 13.6. The summed E-state index contributed by atoms with van der Waals surface area (Å²) in [6.45, 7) is 9.97. The number of unbranched alkanes of at least 4 members (excludes halogenated alkanes) is 2. The highest BCUT2D eigenvalue weighted by Gasteiger charge is 2.54. The van der Waals surface area contributed by atoms with Gasteiger partial charge in [0.15, 0.2) is 20.2 Å². The van der Waals surface area contributed by atoms with E-state index < -0.39 is 39.0 Å². The van der Waals surface area contributed by atoms with Gasteiger partial charge in [0.1, 0.15) is 53.2 Å². The quantitative estimate of drug-likeness (QED) is 0.0765. The van der Waals surface area contributed by atoms with Crippen LogP contribution in [0.4, 0.5) is 11.6 Å². The highest BCUT2D eigenvalue weighted by molar-refractivity contribution is 6.72. The fraction of sp³-hybridized carbons (Fsp3) is 0.472. The third-order valence-electron chi connectivity index (χ3n) is 10.0. The van der Waals surface area contributed by atoms with E-state index in [0.29, 0.717) is 6.61 Å². The molecule has 1 aliphatic heterocycles. The monoisotopic (exact) mass is 688 g/mol.